The fourth-order valence-electron chi connectivity index (χ4n) is 3.07. The molecule has 0 saturated heterocycles. The van der Waals surface area contributed by atoms with Gasteiger partial charge in [-0.3, -0.25) is 0 Å². The average Bonchev–Trinajstić information content (AvgIpc) is 3.03. The van der Waals surface area contributed by atoms with Crippen LogP contribution >= 0.6 is 0 Å². The Morgan fingerprint density at radius 2 is 2.19 bits per heavy atom. The Morgan fingerprint density at radius 1 is 1.38 bits per heavy atom. The van der Waals surface area contributed by atoms with Crippen LogP contribution in [0.1, 0.15) is 49.8 Å². The summed E-state index contributed by atoms with van der Waals surface area (Å²) in [6, 6.07) is 0. The maximum Gasteiger partial charge on any atom is 0.109 e. The molecular weight excluding hydrogens is 198 g/mol. The Bertz CT molecular complexity index is 402. The molecule has 1 aliphatic heterocycles. The van der Waals surface area contributed by atoms with Gasteiger partial charge in [-0.1, -0.05) is 6.92 Å². The van der Waals surface area contributed by atoms with Gasteiger partial charge in [0.05, 0.1) is 5.69 Å². The number of imidazole rings is 1. The second-order valence-electron chi connectivity index (χ2n) is 5.27. The van der Waals surface area contributed by atoms with E-state index in [1.54, 1.807) is 0 Å². The number of nitrogens with two attached hydrogens (primary N) is 1. The Kier molecular flexibility index (Phi) is 2.32. The van der Waals surface area contributed by atoms with Gasteiger partial charge in [0.25, 0.3) is 0 Å². The van der Waals surface area contributed by atoms with E-state index in [0.717, 1.165) is 19.4 Å². The van der Waals surface area contributed by atoms with Crippen molar-refractivity contribution in [3.8, 4) is 0 Å². The number of aromatic nitrogens is 2. The molecule has 1 aromatic rings. The number of nitrogens with zero attached hydrogens (tertiary/aromatic N) is 2. The molecule has 0 spiro atoms. The molecule has 1 aromatic heterocycles. The first kappa shape index (κ1) is 10.3. The maximum atomic E-state index is 5.98. The first-order valence-corrected chi connectivity index (χ1v) is 6.59. The third kappa shape index (κ3) is 1.34. The van der Waals surface area contributed by atoms with Crippen LogP contribution in [-0.2, 0) is 24.8 Å². The molecular formula is C13H21N3. The van der Waals surface area contributed by atoms with Gasteiger partial charge in [-0.15, -0.1) is 0 Å². The van der Waals surface area contributed by atoms with Crippen LogP contribution in [0.25, 0.3) is 0 Å². The summed E-state index contributed by atoms with van der Waals surface area (Å²) in [6.45, 7) is 4.18. The smallest absolute Gasteiger partial charge is 0.109 e. The SMILES string of the molecule is CCc1nc2n(c1C1(CN)CC1)CCCC2. The molecule has 0 aromatic carbocycles. The number of rotatable bonds is 3. The van der Waals surface area contributed by atoms with Crippen LogP contribution in [0.15, 0.2) is 0 Å². The summed E-state index contributed by atoms with van der Waals surface area (Å²) in [5, 5.41) is 0. The van der Waals surface area contributed by atoms with Gasteiger partial charge in [0.15, 0.2) is 0 Å². The van der Waals surface area contributed by atoms with Crippen molar-refractivity contribution >= 4 is 0 Å². The Balaban J connectivity index is 2.10. The number of aryl methyl sites for hydroxylation is 2. The highest BCUT2D eigenvalue weighted by Crippen LogP contribution is 2.49. The van der Waals surface area contributed by atoms with Crippen molar-refractivity contribution in [2.75, 3.05) is 6.54 Å². The quantitative estimate of drug-likeness (QED) is 0.842. The topological polar surface area (TPSA) is 43.8 Å². The molecule has 2 heterocycles. The molecule has 3 rings (SSSR count). The van der Waals surface area contributed by atoms with Crippen molar-refractivity contribution in [2.24, 2.45) is 5.73 Å². The molecule has 0 amide bonds. The zero-order valence-electron chi connectivity index (χ0n) is 10.1. The van der Waals surface area contributed by atoms with Crippen molar-refractivity contribution in [3.05, 3.63) is 17.2 Å². The van der Waals surface area contributed by atoms with E-state index in [9.17, 15) is 0 Å². The van der Waals surface area contributed by atoms with Gasteiger partial charge in [0.2, 0.25) is 0 Å². The van der Waals surface area contributed by atoms with E-state index >= 15 is 0 Å². The minimum Gasteiger partial charge on any atom is -0.331 e. The van der Waals surface area contributed by atoms with Crippen LogP contribution in [-0.4, -0.2) is 16.1 Å². The Morgan fingerprint density at radius 3 is 2.81 bits per heavy atom. The summed E-state index contributed by atoms with van der Waals surface area (Å²) in [6.07, 6.45) is 7.35. The molecule has 0 atom stereocenters. The molecule has 0 unspecified atom stereocenters. The van der Waals surface area contributed by atoms with Crippen LogP contribution in [0.5, 0.6) is 0 Å². The van der Waals surface area contributed by atoms with Gasteiger partial charge in [-0.2, -0.15) is 0 Å². The van der Waals surface area contributed by atoms with Gasteiger partial charge in [-0.05, 0) is 32.1 Å². The van der Waals surface area contributed by atoms with E-state index in [0.29, 0.717) is 5.41 Å². The second-order valence-corrected chi connectivity index (χ2v) is 5.27. The molecule has 88 valence electrons. The highest BCUT2D eigenvalue weighted by molar-refractivity contribution is 5.33. The lowest BCUT2D eigenvalue weighted by molar-refractivity contribution is 0.486. The molecule has 3 heteroatoms. The van der Waals surface area contributed by atoms with E-state index in [4.69, 9.17) is 10.7 Å². The fourth-order valence-corrected chi connectivity index (χ4v) is 3.07. The fraction of sp³-hybridized carbons (Fsp3) is 0.769. The van der Waals surface area contributed by atoms with Crippen molar-refractivity contribution in [1.29, 1.82) is 0 Å². The first-order chi connectivity index (χ1) is 7.80. The van der Waals surface area contributed by atoms with Crippen LogP contribution in [0, 0.1) is 0 Å². The summed E-state index contributed by atoms with van der Waals surface area (Å²) >= 11 is 0. The summed E-state index contributed by atoms with van der Waals surface area (Å²) < 4.78 is 2.49. The van der Waals surface area contributed by atoms with Gasteiger partial charge < -0.3 is 10.3 Å². The monoisotopic (exact) mass is 219 g/mol. The molecule has 2 aliphatic rings. The van der Waals surface area contributed by atoms with Gasteiger partial charge in [0, 0.05) is 30.6 Å². The molecule has 1 saturated carbocycles. The average molecular weight is 219 g/mol. The second kappa shape index (κ2) is 3.59. The van der Waals surface area contributed by atoms with E-state index in [2.05, 4.69) is 11.5 Å². The lowest BCUT2D eigenvalue weighted by Gasteiger charge is -2.21. The normalized spacial score (nSPS) is 21.9. The van der Waals surface area contributed by atoms with Crippen molar-refractivity contribution in [1.82, 2.24) is 9.55 Å². The third-order valence-corrected chi connectivity index (χ3v) is 4.23. The van der Waals surface area contributed by atoms with Crippen LogP contribution in [0.4, 0.5) is 0 Å². The highest BCUT2D eigenvalue weighted by Gasteiger charge is 2.47. The zero-order chi connectivity index (χ0) is 11.2. The van der Waals surface area contributed by atoms with E-state index in [1.165, 1.54) is 49.4 Å². The molecule has 1 fully saturated rings. The van der Waals surface area contributed by atoms with Crippen molar-refractivity contribution < 1.29 is 0 Å². The van der Waals surface area contributed by atoms with Gasteiger partial charge in [-0.25, -0.2) is 4.98 Å². The molecule has 0 bridgehead atoms. The van der Waals surface area contributed by atoms with Gasteiger partial charge in [0.1, 0.15) is 5.82 Å². The van der Waals surface area contributed by atoms with Gasteiger partial charge >= 0.3 is 0 Å². The van der Waals surface area contributed by atoms with Crippen molar-refractivity contribution in [3.63, 3.8) is 0 Å². The summed E-state index contributed by atoms with van der Waals surface area (Å²) in [4.78, 5) is 4.83. The molecule has 2 N–H and O–H groups in total. The van der Waals surface area contributed by atoms with Crippen LogP contribution in [0.3, 0.4) is 0 Å². The molecule has 3 nitrogen and oxygen atoms in total. The molecule has 16 heavy (non-hydrogen) atoms. The summed E-state index contributed by atoms with van der Waals surface area (Å²) in [5.41, 5.74) is 9.09. The number of hydrogen-bond acceptors (Lipinski definition) is 2. The predicted molar refractivity (Wildman–Crippen MR) is 64.5 cm³/mol. The predicted octanol–water partition coefficient (Wildman–Crippen LogP) is 1.77. The van der Waals surface area contributed by atoms with Crippen LogP contribution < -0.4 is 5.73 Å². The maximum absolute atomic E-state index is 5.98. The Labute approximate surface area is 97.0 Å². The number of hydrogen-bond donors (Lipinski definition) is 1. The molecule has 0 radical (unpaired) electrons. The summed E-state index contributed by atoms with van der Waals surface area (Å²) in [7, 11) is 0. The van der Waals surface area contributed by atoms with E-state index in [1.807, 2.05) is 0 Å². The number of fused-ring (bicyclic) bond motifs is 1. The minimum absolute atomic E-state index is 0.300. The third-order valence-electron chi connectivity index (χ3n) is 4.23. The largest absolute Gasteiger partial charge is 0.331 e. The van der Waals surface area contributed by atoms with E-state index in [-0.39, 0.29) is 0 Å². The van der Waals surface area contributed by atoms with Crippen LogP contribution in [0.2, 0.25) is 0 Å². The van der Waals surface area contributed by atoms with Crippen molar-refractivity contribution in [2.45, 2.75) is 57.4 Å². The van der Waals surface area contributed by atoms with E-state index < -0.39 is 0 Å². The lowest BCUT2D eigenvalue weighted by Crippen LogP contribution is -2.26. The zero-order valence-corrected chi connectivity index (χ0v) is 10.1. The standard InChI is InChI=1S/C13H21N3/c1-2-10-12(13(9-14)6-7-13)16-8-4-3-5-11(16)15-10/h2-9,14H2,1H3. The Hall–Kier alpha value is -0.830. The molecule has 1 aliphatic carbocycles. The summed E-state index contributed by atoms with van der Waals surface area (Å²) in [5.74, 6) is 1.32. The lowest BCUT2D eigenvalue weighted by atomic mass is 9.99. The first-order valence-electron chi connectivity index (χ1n) is 6.59. The minimum atomic E-state index is 0.300. The highest BCUT2D eigenvalue weighted by atomic mass is 15.1.